The minimum absolute atomic E-state index is 0.100. The monoisotopic (exact) mass is 370 g/mol. The molecular weight excluding hydrogens is 351 g/mol. The summed E-state index contributed by atoms with van der Waals surface area (Å²) >= 11 is 0. The molecule has 0 atom stereocenters. The number of aryl methyl sites for hydroxylation is 1. The van der Waals surface area contributed by atoms with Crippen molar-refractivity contribution < 1.29 is 18.8 Å². The maximum absolute atomic E-state index is 12.8. The van der Waals surface area contributed by atoms with Crippen LogP contribution in [-0.4, -0.2) is 23.4 Å². The van der Waals surface area contributed by atoms with Crippen LogP contribution < -0.4 is 16.1 Å². The lowest BCUT2D eigenvalue weighted by molar-refractivity contribution is -0.136. The molecule has 0 saturated carbocycles. The number of carbonyl (C=O) groups is 3. The van der Waals surface area contributed by atoms with E-state index in [9.17, 15) is 18.8 Å². The van der Waals surface area contributed by atoms with Gasteiger partial charge in [-0.05, 0) is 55.8 Å². The fraction of sp³-hybridized carbons (Fsp3) is 0.158. The molecule has 0 saturated heterocycles. The number of benzene rings is 2. The third-order valence-corrected chi connectivity index (χ3v) is 3.37. The van der Waals surface area contributed by atoms with Gasteiger partial charge in [-0.1, -0.05) is 12.1 Å². The Labute approximate surface area is 155 Å². The zero-order valence-electron chi connectivity index (χ0n) is 14.9. The predicted molar refractivity (Wildman–Crippen MR) is 101 cm³/mol. The second-order valence-electron chi connectivity index (χ2n) is 5.84. The van der Waals surface area contributed by atoms with Crippen LogP contribution in [-0.2, 0) is 14.4 Å². The van der Waals surface area contributed by atoms with Crippen LogP contribution in [0.1, 0.15) is 18.9 Å². The van der Waals surface area contributed by atoms with Gasteiger partial charge in [0, 0.05) is 17.1 Å². The quantitative estimate of drug-likeness (QED) is 0.428. The van der Waals surface area contributed by atoms with E-state index >= 15 is 0 Å². The molecule has 8 heteroatoms. The van der Waals surface area contributed by atoms with E-state index in [-0.39, 0.29) is 12.3 Å². The molecule has 0 aromatic heterocycles. The van der Waals surface area contributed by atoms with Crippen LogP contribution in [0.5, 0.6) is 0 Å². The predicted octanol–water partition coefficient (Wildman–Crippen LogP) is 2.59. The average molecular weight is 370 g/mol. The smallest absolute Gasteiger partial charge is 0.326 e. The zero-order valence-corrected chi connectivity index (χ0v) is 14.9. The van der Waals surface area contributed by atoms with Crippen molar-refractivity contribution in [2.75, 3.05) is 10.6 Å². The molecule has 2 aromatic carbocycles. The molecule has 3 amide bonds. The second-order valence-corrected chi connectivity index (χ2v) is 5.84. The largest absolute Gasteiger partial charge is 0.329 e. The Hall–Kier alpha value is -3.55. The minimum Gasteiger partial charge on any atom is -0.326 e. The van der Waals surface area contributed by atoms with Crippen LogP contribution in [0.2, 0.25) is 0 Å². The van der Waals surface area contributed by atoms with Crippen molar-refractivity contribution in [3.63, 3.8) is 0 Å². The fourth-order valence-electron chi connectivity index (χ4n) is 2.12. The molecule has 7 nitrogen and oxygen atoms in total. The molecule has 0 aliphatic carbocycles. The highest BCUT2D eigenvalue weighted by atomic mass is 19.1. The lowest BCUT2D eigenvalue weighted by Crippen LogP contribution is -2.33. The van der Waals surface area contributed by atoms with Gasteiger partial charge in [0.2, 0.25) is 5.91 Å². The summed E-state index contributed by atoms with van der Waals surface area (Å²) in [4.78, 5) is 35.5. The first-order valence-electron chi connectivity index (χ1n) is 8.10. The number of hydrazone groups is 1. The number of nitrogens with one attached hydrogen (secondary N) is 3. The first-order valence-corrected chi connectivity index (χ1v) is 8.10. The van der Waals surface area contributed by atoms with E-state index in [2.05, 4.69) is 21.2 Å². The van der Waals surface area contributed by atoms with Crippen LogP contribution in [0.3, 0.4) is 0 Å². The number of carbonyl (C=O) groups excluding carboxylic acids is 3. The van der Waals surface area contributed by atoms with Gasteiger partial charge in [0.25, 0.3) is 0 Å². The molecular formula is C19H19FN4O3. The summed E-state index contributed by atoms with van der Waals surface area (Å²) in [6, 6.07) is 12.3. The minimum atomic E-state index is -0.949. The van der Waals surface area contributed by atoms with Gasteiger partial charge in [0.15, 0.2) is 0 Å². The number of hydrogen-bond acceptors (Lipinski definition) is 4. The normalized spacial score (nSPS) is 10.9. The molecule has 0 aliphatic heterocycles. The molecule has 0 unspecified atom stereocenters. The van der Waals surface area contributed by atoms with Crippen molar-refractivity contribution in [1.82, 2.24) is 5.43 Å². The van der Waals surface area contributed by atoms with Crippen LogP contribution in [0.4, 0.5) is 15.8 Å². The summed E-state index contributed by atoms with van der Waals surface area (Å²) in [5.74, 6) is -2.61. The first kappa shape index (κ1) is 19.8. The fourth-order valence-corrected chi connectivity index (χ4v) is 2.12. The van der Waals surface area contributed by atoms with Crippen molar-refractivity contribution in [3.05, 3.63) is 59.9 Å². The Kier molecular flexibility index (Phi) is 6.76. The van der Waals surface area contributed by atoms with E-state index in [1.807, 2.05) is 13.0 Å². The standard InChI is InChI=1S/C19H19FN4O3/c1-12-4-3-5-16(10-12)22-18(26)19(27)24-23-13(2)11-17(25)21-15-8-6-14(20)7-9-15/h3-10H,11H2,1-2H3,(H,21,25)(H,22,26)(H,24,27)/b23-13-. The molecule has 0 spiro atoms. The first-order chi connectivity index (χ1) is 12.8. The van der Waals surface area contributed by atoms with Crippen LogP contribution in [0.25, 0.3) is 0 Å². The average Bonchev–Trinajstić information content (AvgIpc) is 2.61. The third kappa shape index (κ3) is 6.69. The summed E-state index contributed by atoms with van der Waals surface area (Å²) in [5.41, 5.74) is 4.27. The Morgan fingerprint density at radius 3 is 2.33 bits per heavy atom. The molecule has 0 aliphatic rings. The van der Waals surface area contributed by atoms with Crippen molar-refractivity contribution in [3.8, 4) is 0 Å². The Morgan fingerprint density at radius 1 is 0.963 bits per heavy atom. The van der Waals surface area contributed by atoms with E-state index < -0.39 is 17.6 Å². The van der Waals surface area contributed by atoms with Gasteiger partial charge in [-0.25, -0.2) is 9.82 Å². The van der Waals surface area contributed by atoms with Crippen LogP contribution >= 0.6 is 0 Å². The number of halogens is 1. The summed E-state index contributed by atoms with van der Waals surface area (Å²) in [6.45, 7) is 3.39. The van der Waals surface area contributed by atoms with Gasteiger partial charge in [-0.2, -0.15) is 5.10 Å². The highest BCUT2D eigenvalue weighted by Gasteiger charge is 2.13. The number of anilines is 2. The molecule has 0 radical (unpaired) electrons. The lowest BCUT2D eigenvalue weighted by atomic mass is 10.2. The summed E-state index contributed by atoms with van der Waals surface area (Å²) < 4.78 is 12.8. The maximum Gasteiger partial charge on any atom is 0.329 e. The Morgan fingerprint density at radius 2 is 1.67 bits per heavy atom. The van der Waals surface area contributed by atoms with Crippen molar-refractivity contribution in [2.24, 2.45) is 5.10 Å². The second kappa shape index (κ2) is 9.23. The molecule has 0 bridgehead atoms. The summed E-state index contributed by atoms with van der Waals surface area (Å²) in [7, 11) is 0. The number of amides is 3. The Balaban J connectivity index is 1.82. The molecule has 0 fully saturated rings. The van der Waals surface area contributed by atoms with E-state index in [4.69, 9.17) is 0 Å². The van der Waals surface area contributed by atoms with Crippen molar-refractivity contribution in [2.45, 2.75) is 20.3 Å². The molecule has 3 N–H and O–H groups in total. The van der Waals surface area contributed by atoms with Gasteiger partial charge < -0.3 is 10.6 Å². The van der Waals surface area contributed by atoms with E-state index in [0.29, 0.717) is 17.1 Å². The SMILES string of the molecule is C/C(CC(=O)Nc1ccc(F)cc1)=N/NC(=O)C(=O)Nc1cccc(C)c1. The number of hydrogen-bond donors (Lipinski definition) is 3. The molecule has 2 rings (SSSR count). The Bertz CT molecular complexity index is 879. The summed E-state index contributed by atoms with van der Waals surface area (Å²) in [5, 5.41) is 8.76. The maximum atomic E-state index is 12.8. The third-order valence-electron chi connectivity index (χ3n) is 3.37. The molecule has 2 aromatic rings. The lowest BCUT2D eigenvalue weighted by Gasteiger charge is -2.06. The number of rotatable bonds is 5. The van der Waals surface area contributed by atoms with Gasteiger partial charge in [0.05, 0.1) is 6.42 Å². The zero-order chi connectivity index (χ0) is 19.8. The summed E-state index contributed by atoms with van der Waals surface area (Å²) in [6.07, 6.45) is -0.100. The van der Waals surface area contributed by atoms with Gasteiger partial charge in [-0.15, -0.1) is 0 Å². The van der Waals surface area contributed by atoms with Crippen LogP contribution in [0, 0.1) is 12.7 Å². The highest BCUT2D eigenvalue weighted by molar-refractivity contribution is 6.39. The number of nitrogens with zero attached hydrogens (tertiary/aromatic N) is 1. The van der Waals surface area contributed by atoms with E-state index in [1.54, 1.807) is 18.2 Å². The van der Waals surface area contributed by atoms with Crippen molar-refractivity contribution >= 4 is 34.8 Å². The van der Waals surface area contributed by atoms with E-state index in [1.165, 1.54) is 31.2 Å². The van der Waals surface area contributed by atoms with Crippen LogP contribution in [0.15, 0.2) is 53.6 Å². The van der Waals surface area contributed by atoms with E-state index in [0.717, 1.165) is 5.56 Å². The van der Waals surface area contributed by atoms with Gasteiger partial charge in [-0.3, -0.25) is 14.4 Å². The van der Waals surface area contributed by atoms with Crippen molar-refractivity contribution in [1.29, 1.82) is 0 Å². The highest BCUT2D eigenvalue weighted by Crippen LogP contribution is 2.09. The topological polar surface area (TPSA) is 99.7 Å². The van der Waals surface area contributed by atoms with Gasteiger partial charge >= 0.3 is 11.8 Å². The van der Waals surface area contributed by atoms with Gasteiger partial charge in [0.1, 0.15) is 5.82 Å². The molecule has 27 heavy (non-hydrogen) atoms. The molecule has 0 heterocycles. The molecule has 140 valence electrons.